The molecule has 0 saturated heterocycles. The number of unbranched alkanes of at least 4 members (excludes halogenated alkanes) is 2. The molecule has 0 saturated carbocycles. The molecule has 0 aliphatic rings. The Morgan fingerprint density at radius 3 is 2.81 bits per heavy atom. The van der Waals surface area contributed by atoms with Crippen molar-refractivity contribution < 1.29 is 14.3 Å². The molecule has 2 heterocycles. The Morgan fingerprint density at radius 1 is 1.22 bits per heavy atom. The van der Waals surface area contributed by atoms with Gasteiger partial charge in [-0.1, -0.05) is 31.9 Å². The molecule has 2 aromatic heterocycles. The highest BCUT2D eigenvalue weighted by atomic mass is 16.5. The number of nitrogens with zero attached hydrogens (tertiary/aromatic N) is 3. The second-order valence-electron chi connectivity index (χ2n) is 7.40. The molecule has 3 rings (SSSR count). The van der Waals surface area contributed by atoms with Gasteiger partial charge in [0.15, 0.2) is 5.82 Å². The van der Waals surface area contributed by atoms with E-state index in [-0.39, 0.29) is 11.9 Å². The zero-order valence-corrected chi connectivity index (χ0v) is 18.9. The molecule has 170 valence electrons. The highest BCUT2D eigenvalue weighted by molar-refractivity contribution is 5.88. The lowest BCUT2D eigenvalue weighted by Gasteiger charge is -2.14. The van der Waals surface area contributed by atoms with E-state index in [1.165, 1.54) is 6.08 Å². The molecule has 0 unspecified atom stereocenters. The first-order chi connectivity index (χ1) is 15.5. The average molecular weight is 438 g/mol. The normalized spacial score (nSPS) is 11.2. The first-order valence-corrected chi connectivity index (χ1v) is 10.9. The minimum absolute atomic E-state index is 0.253. The number of benzene rings is 1. The standard InChI is InChI=1S/C24H31N5O3/c1-4-6-7-13-26-23-22-19(27-24(25)28-23)12-14-29(22)16-18-10-8-17(15-20(18)31-3)9-11-21(30)32-5-2/h8-12,14-15H,4-7,13,16H2,1-3H3,(H3,25,26,27,28)/b11-9+. The Labute approximate surface area is 188 Å². The van der Waals surface area contributed by atoms with Crippen LogP contribution in [-0.4, -0.2) is 40.8 Å². The summed E-state index contributed by atoms with van der Waals surface area (Å²) < 4.78 is 12.6. The molecule has 8 nitrogen and oxygen atoms in total. The van der Waals surface area contributed by atoms with Crippen molar-refractivity contribution in [1.82, 2.24) is 14.5 Å². The summed E-state index contributed by atoms with van der Waals surface area (Å²) in [5.74, 6) is 1.35. The highest BCUT2D eigenvalue weighted by Gasteiger charge is 2.13. The number of hydrogen-bond donors (Lipinski definition) is 2. The van der Waals surface area contributed by atoms with E-state index in [4.69, 9.17) is 15.2 Å². The third kappa shape index (κ3) is 5.78. The van der Waals surface area contributed by atoms with Crippen LogP contribution in [0.2, 0.25) is 0 Å². The predicted octanol–water partition coefficient (Wildman–Crippen LogP) is 4.25. The Balaban J connectivity index is 1.86. The molecule has 0 atom stereocenters. The lowest BCUT2D eigenvalue weighted by Crippen LogP contribution is -2.09. The molecule has 0 spiro atoms. The molecular weight excluding hydrogens is 406 g/mol. The molecule has 0 fully saturated rings. The number of carbonyl (C=O) groups excluding carboxylic acids is 1. The van der Waals surface area contributed by atoms with Crippen molar-refractivity contribution in [3.05, 3.63) is 47.7 Å². The molecule has 0 radical (unpaired) electrons. The maximum atomic E-state index is 11.6. The molecule has 3 N–H and O–H groups in total. The monoisotopic (exact) mass is 437 g/mol. The van der Waals surface area contributed by atoms with Crippen LogP contribution in [-0.2, 0) is 16.1 Å². The number of carbonyl (C=O) groups is 1. The number of aromatic nitrogens is 3. The van der Waals surface area contributed by atoms with Gasteiger partial charge in [-0.25, -0.2) is 9.78 Å². The van der Waals surface area contributed by atoms with Gasteiger partial charge in [0.05, 0.1) is 25.8 Å². The Kier molecular flexibility index (Phi) is 8.08. The lowest BCUT2D eigenvalue weighted by atomic mass is 10.1. The maximum Gasteiger partial charge on any atom is 0.330 e. The first kappa shape index (κ1) is 23.1. The minimum atomic E-state index is -0.368. The van der Waals surface area contributed by atoms with Crippen molar-refractivity contribution in [3.63, 3.8) is 0 Å². The smallest absolute Gasteiger partial charge is 0.330 e. The number of rotatable bonds is 11. The van der Waals surface area contributed by atoms with Gasteiger partial charge in [-0.2, -0.15) is 4.98 Å². The van der Waals surface area contributed by atoms with Gasteiger partial charge in [-0.15, -0.1) is 0 Å². The average Bonchev–Trinajstić information content (AvgIpc) is 3.18. The van der Waals surface area contributed by atoms with Gasteiger partial charge >= 0.3 is 5.97 Å². The molecule has 0 bridgehead atoms. The van der Waals surface area contributed by atoms with E-state index in [0.717, 1.165) is 59.5 Å². The van der Waals surface area contributed by atoms with Gasteiger partial charge in [-0.3, -0.25) is 0 Å². The second-order valence-corrected chi connectivity index (χ2v) is 7.40. The zero-order valence-electron chi connectivity index (χ0n) is 18.9. The Morgan fingerprint density at radius 2 is 2.06 bits per heavy atom. The van der Waals surface area contributed by atoms with Crippen LogP contribution >= 0.6 is 0 Å². The predicted molar refractivity (Wildman–Crippen MR) is 128 cm³/mol. The number of fused-ring (bicyclic) bond motifs is 1. The summed E-state index contributed by atoms with van der Waals surface area (Å²) in [6, 6.07) is 7.77. The highest BCUT2D eigenvalue weighted by Crippen LogP contribution is 2.27. The topological polar surface area (TPSA) is 104 Å². The summed E-state index contributed by atoms with van der Waals surface area (Å²) in [6.07, 6.45) is 8.48. The van der Waals surface area contributed by atoms with Crippen LogP contribution < -0.4 is 15.8 Å². The number of methoxy groups -OCH3 is 1. The summed E-state index contributed by atoms with van der Waals surface area (Å²) in [6.45, 7) is 5.71. The van der Waals surface area contributed by atoms with E-state index in [1.54, 1.807) is 20.1 Å². The van der Waals surface area contributed by atoms with Crippen molar-refractivity contribution in [1.29, 1.82) is 0 Å². The van der Waals surface area contributed by atoms with Crippen LogP contribution in [0, 0.1) is 0 Å². The molecular formula is C24H31N5O3. The second kappa shape index (κ2) is 11.2. The number of nitrogens with two attached hydrogens (primary N) is 1. The summed E-state index contributed by atoms with van der Waals surface area (Å²) in [4.78, 5) is 20.4. The number of ether oxygens (including phenoxy) is 2. The van der Waals surface area contributed by atoms with Crippen LogP contribution in [0.5, 0.6) is 5.75 Å². The van der Waals surface area contributed by atoms with Gasteiger partial charge in [0.1, 0.15) is 11.3 Å². The number of anilines is 2. The lowest BCUT2D eigenvalue weighted by molar-refractivity contribution is -0.137. The largest absolute Gasteiger partial charge is 0.496 e. The van der Waals surface area contributed by atoms with E-state index in [2.05, 4.69) is 26.8 Å². The number of esters is 1. The molecule has 3 aromatic rings. The first-order valence-electron chi connectivity index (χ1n) is 10.9. The van der Waals surface area contributed by atoms with E-state index in [9.17, 15) is 4.79 Å². The molecule has 0 aliphatic carbocycles. The van der Waals surface area contributed by atoms with Gasteiger partial charge in [0.2, 0.25) is 5.95 Å². The summed E-state index contributed by atoms with van der Waals surface area (Å²) in [7, 11) is 1.63. The van der Waals surface area contributed by atoms with Crippen LogP contribution in [0.25, 0.3) is 17.1 Å². The fraction of sp³-hybridized carbons (Fsp3) is 0.375. The zero-order chi connectivity index (χ0) is 22.9. The van der Waals surface area contributed by atoms with Crippen molar-refractivity contribution in [2.45, 2.75) is 39.7 Å². The quantitative estimate of drug-likeness (QED) is 0.262. The van der Waals surface area contributed by atoms with Crippen LogP contribution in [0.15, 0.2) is 36.5 Å². The van der Waals surface area contributed by atoms with Crippen molar-refractivity contribution in [3.8, 4) is 5.75 Å². The summed E-state index contributed by atoms with van der Waals surface area (Å²) in [5.41, 5.74) is 9.46. The van der Waals surface area contributed by atoms with Crippen molar-refractivity contribution in [2.75, 3.05) is 31.3 Å². The van der Waals surface area contributed by atoms with E-state index in [1.807, 2.05) is 30.5 Å². The van der Waals surface area contributed by atoms with Crippen LogP contribution in [0.1, 0.15) is 44.2 Å². The number of hydrogen-bond acceptors (Lipinski definition) is 7. The molecule has 0 amide bonds. The van der Waals surface area contributed by atoms with E-state index >= 15 is 0 Å². The molecule has 1 aromatic carbocycles. The third-order valence-corrected chi connectivity index (χ3v) is 5.05. The van der Waals surface area contributed by atoms with Gasteiger partial charge < -0.3 is 25.1 Å². The van der Waals surface area contributed by atoms with E-state index < -0.39 is 0 Å². The minimum Gasteiger partial charge on any atom is -0.496 e. The molecule has 8 heteroatoms. The van der Waals surface area contributed by atoms with Crippen LogP contribution in [0.4, 0.5) is 11.8 Å². The van der Waals surface area contributed by atoms with Crippen LogP contribution in [0.3, 0.4) is 0 Å². The van der Waals surface area contributed by atoms with Gasteiger partial charge in [-0.05, 0) is 37.1 Å². The van der Waals surface area contributed by atoms with Gasteiger partial charge in [0, 0.05) is 24.4 Å². The van der Waals surface area contributed by atoms with E-state index in [0.29, 0.717) is 13.2 Å². The van der Waals surface area contributed by atoms with Crippen molar-refractivity contribution >= 4 is 34.8 Å². The summed E-state index contributed by atoms with van der Waals surface area (Å²) in [5, 5.41) is 3.41. The SMILES string of the molecule is CCCCCNc1nc(N)nc2ccn(Cc3ccc(/C=C/C(=O)OCC)cc3OC)c12. The number of nitrogens with one attached hydrogen (secondary N) is 1. The maximum absolute atomic E-state index is 11.6. The number of nitrogen functional groups attached to an aromatic ring is 1. The van der Waals surface area contributed by atoms with Crippen molar-refractivity contribution in [2.24, 2.45) is 0 Å². The molecule has 0 aliphatic heterocycles. The summed E-state index contributed by atoms with van der Waals surface area (Å²) >= 11 is 0. The fourth-order valence-electron chi connectivity index (χ4n) is 3.50. The molecule has 32 heavy (non-hydrogen) atoms. The Bertz CT molecular complexity index is 1090. The van der Waals surface area contributed by atoms with Gasteiger partial charge in [0.25, 0.3) is 0 Å². The fourth-order valence-corrected chi connectivity index (χ4v) is 3.50. The third-order valence-electron chi connectivity index (χ3n) is 5.05. The Hall–Kier alpha value is -3.55.